The molecule has 1 aliphatic heterocycles. The number of aliphatic hydroxyl groups excluding tert-OH is 1. The molecule has 1 fully saturated rings. The second kappa shape index (κ2) is 7.20. The molecule has 9 heteroatoms. The minimum absolute atomic E-state index is 0.146. The second-order valence-corrected chi connectivity index (χ2v) is 8.33. The van der Waals surface area contributed by atoms with Gasteiger partial charge in [0.25, 0.3) is 6.01 Å². The van der Waals surface area contributed by atoms with Crippen LogP contribution in [-0.4, -0.2) is 33.5 Å². The van der Waals surface area contributed by atoms with Crippen LogP contribution in [0.15, 0.2) is 24.3 Å². The average Bonchev–Trinajstić information content (AvgIpc) is 3.38. The second-order valence-electron chi connectivity index (χ2n) is 8.33. The van der Waals surface area contributed by atoms with Crippen molar-refractivity contribution in [1.82, 2.24) is 9.55 Å². The fourth-order valence-electron chi connectivity index (χ4n) is 3.53. The van der Waals surface area contributed by atoms with Crippen LogP contribution in [0.25, 0.3) is 0 Å². The Kier molecular flexibility index (Phi) is 4.93. The first-order valence-corrected chi connectivity index (χ1v) is 9.77. The van der Waals surface area contributed by atoms with Crippen molar-refractivity contribution >= 4 is 0 Å². The average molecular weight is 421 g/mol. The van der Waals surface area contributed by atoms with Crippen LogP contribution >= 0.6 is 0 Å². The van der Waals surface area contributed by atoms with Crippen LogP contribution in [0, 0.1) is 17.2 Å². The number of nitriles is 1. The van der Waals surface area contributed by atoms with E-state index in [1.54, 1.807) is 4.57 Å². The van der Waals surface area contributed by atoms with Crippen molar-refractivity contribution in [2.75, 3.05) is 6.61 Å². The Bertz CT molecular complexity index is 972. The number of ether oxygens (including phenoxy) is 2. The van der Waals surface area contributed by atoms with Gasteiger partial charge in [0.2, 0.25) is 0 Å². The van der Waals surface area contributed by atoms with E-state index < -0.39 is 17.7 Å². The molecule has 1 saturated carbocycles. The number of fused-ring (bicyclic) bond motifs is 1. The van der Waals surface area contributed by atoms with Crippen LogP contribution in [-0.2, 0) is 12.0 Å². The maximum Gasteiger partial charge on any atom is 0.397 e. The number of aliphatic hydroxyl groups is 1. The van der Waals surface area contributed by atoms with Crippen LogP contribution in [0.3, 0.4) is 0 Å². The minimum Gasteiger partial charge on any atom is -0.490 e. The Morgan fingerprint density at radius 2 is 1.97 bits per heavy atom. The first kappa shape index (κ1) is 20.5. The highest BCUT2D eigenvalue weighted by atomic mass is 19.4. The molecule has 1 aromatic heterocycles. The van der Waals surface area contributed by atoms with Crippen LogP contribution < -0.4 is 9.47 Å². The predicted octanol–water partition coefficient (Wildman–Crippen LogP) is 3.88. The van der Waals surface area contributed by atoms with Crippen molar-refractivity contribution in [3.8, 4) is 17.8 Å². The minimum atomic E-state index is -4.35. The van der Waals surface area contributed by atoms with Crippen molar-refractivity contribution in [3.63, 3.8) is 0 Å². The summed E-state index contributed by atoms with van der Waals surface area (Å²) in [5, 5.41) is 19.8. The lowest BCUT2D eigenvalue weighted by Crippen LogP contribution is -2.36. The number of halogens is 3. The zero-order valence-corrected chi connectivity index (χ0v) is 16.6. The standard InChI is InChI=1S/C21H22F3N3O3/c1-20(2,21(22,23)24)13-5-7-14(8-6-13)29-11-15-10-27-17(18(28)12-3-4-12)16(9-25)26-19(27)30-15/h5-8,12,15,18,28H,3-4,10-11H2,1-2H3/t15-,18?/m0/s1. The summed E-state index contributed by atoms with van der Waals surface area (Å²) in [4.78, 5) is 4.16. The number of nitrogens with zero attached hydrogens (tertiary/aromatic N) is 3. The molecule has 6 nitrogen and oxygen atoms in total. The number of rotatable bonds is 6. The summed E-state index contributed by atoms with van der Waals surface area (Å²) >= 11 is 0. The zero-order valence-electron chi connectivity index (χ0n) is 16.6. The molecule has 2 atom stereocenters. The lowest BCUT2D eigenvalue weighted by molar-refractivity contribution is -0.180. The Morgan fingerprint density at radius 3 is 2.53 bits per heavy atom. The van der Waals surface area contributed by atoms with E-state index in [1.165, 1.54) is 24.3 Å². The highest BCUT2D eigenvalue weighted by molar-refractivity contribution is 5.35. The molecule has 0 amide bonds. The van der Waals surface area contributed by atoms with E-state index in [0.717, 1.165) is 26.7 Å². The molecule has 1 unspecified atom stereocenters. The maximum atomic E-state index is 13.2. The van der Waals surface area contributed by atoms with Gasteiger partial charge in [-0.25, -0.2) is 0 Å². The number of hydrogen-bond donors (Lipinski definition) is 1. The third kappa shape index (κ3) is 3.60. The Labute approximate surface area is 171 Å². The van der Waals surface area contributed by atoms with E-state index in [0.29, 0.717) is 18.0 Å². The topological polar surface area (TPSA) is 80.3 Å². The number of benzene rings is 1. The van der Waals surface area contributed by atoms with Crippen LogP contribution in [0.5, 0.6) is 11.8 Å². The molecule has 0 saturated heterocycles. The Balaban J connectivity index is 1.40. The number of alkyl halides is 3. The smallest absolute Gasteiger partial charge is 0.397 e. The highest BCUT2D eigenvalue weighted by Crippen LogP contribution is 2.44. The van der Waals surface area contributed by atoms with E-state index in [2.05, 4.69) is 4.98 Å². The van der Waals surface area contributed by atoms with Gasteiger partial charge in [-0.3, -0.25) is 4.57 Å². The number of hydrogen-bond acceptors (Lipinski definition) is 5. The summed E-state index contributed by atoms with van der Waals surface area (Å²) in [5.74, 6) is 0.577. The van der Waals surface area contributed by atoms with Crippen molar-refractivity contribution in [3.05, 3.63) is 41.2 Å². The third-order valence-corrected chi connectivity index (χ3v) is 5.81. The molecular weight excluding hydrogens is 399 g/mol. The molecule has 30 heavy (non-hydrogen) atoms. The Hall–Kier alpha value is -2.73. The van der Waals surface area contributed by atoms with Crippen molar-refractivity contribution in [2.45, 2.75) is 57.0 Å². The molecule has 1 N–H and O–H groups in total. The summed E-state index contributed by atoms with van der Waals surface area (Å²) in [6.07, 6.45) is -3.63. The van der Waals surface area contributed by atoms with Gasteiger partial charge in [-0.15, -0.1) is 0 Å². The van der Waals surface area contributed by atoms with Crippen LogP contribution in [0.2, 0.25) is 0 Å². The quantitative estimate of drug-likeness (QED) is 0.766. The fourth-order valence-corrected chi connectivity index (χ4v) is 3.53. The van der Waals surface area contributed by atoms with Gasteiger partial charge < -0.3 is 14.6 Å². The summed E-state index contributed by atoms with van der Waals surface area (Å²) in [5.41, 5.74) is -1.14. The summed E-state index contributed by atoms with van der Waals surface area (Å²) in [7, 11) is 0. The molecule has 0 spiro atoms. The molecular formula is C21H22F3N3O3. The van der Waals surface area contributed by atoms with E-state index in [1.807, 2.05) is 6.07 Å². The maximum absolute atomic E-state index is 13.2. The first-order chi connectivity index (χ1) is 14.1. The molecule has 0 radical (unpaired) electrons. The molecule has 1 aliphatic carbocycles. The molecule has 2 aliphatic rings. The van der Waals surface area contributed by atoms with Gasteiger partial charge in [-0.1, -0.05) is 12.1 Å². The first-order valence-electron chi connectivity index (χ1n) is 9.77. The molecule has 4 rings (SSSR count). The van der Waals surface area contributed by atoms with Gasteiger partial charge in [0.15, 0.2) is 11.8 Å². The van der Waals surface area contributed by atoms with Crippen LogP contribution in [0.4, 0.5) is 13.2 Å². The van der Waals surface area contributed by atoms with Gasteiger partial charge in [0.05, 0.1) is 23.8 Å². The largest absolute Gasteiger partial charge is 0.490 e. The van der Waals surface area contributed by atoms with E-state index in [-0.39, 0.29) is 35.9 Å². The molecule has 1 aromatic carbocycles. The summed E-state index contributed by atoms with van der Waals surface area (Å²) in [6.45, 7) is 2.81. The van der Waals surface area contributed by atoms with Crippen molar-refractivity contribution in [1.29, 1.82) is 5.26 Å². The SMILES string of the molecule is CC(C)(c1ccc(OC[C@@H]2Cn3c(nc(C#N)c3C(O)C3CC3)O2)cc1)C(F)(F)F. The predicted molar refractivity (Wildman–Crippen MR) is 100 cm³/mol. The van der Waals surface area contributed by atoms with Crippen molar-refractivity contribution in [2.24, 2.45) is 5.92 Å². The van der Waals surface area contributed by atoms with E-state index in [9.17, 15) is 23.5 Å². The number of aromatic nitrogens is 2. The van der Waals surface area contributed by atoms with E-state index in [4.69, 9.17) is 9.47 Å². The third-order valence-electron chi connectivity index (χ3n) is 5.81. The molecule has 2 aromatic rings. The molecule has 0 bridgehead atoms. The van der Waals surface area contributed by atoms with Gasteiger partial charge in [-0.05, 0) is 50.3 Å². The normalized spacial score (nSPS) is 19.7. The van der Waals surface area contributed by atoms with Crippen molar-refractivity contribution < 1.29 is 27.8 Å². The lowest BCUT2D eigenvalue weighted by atomic mass is 9.84. The molecule has 160 valence electrons. The van der Waals surface area contributed by atoms with Gasteiger partial charge >= 0.3 is 6.18 Å². The summed E-state index contributed by atoms with van der Waals surface area (Å²) < 4.78 is 52.7. The van der Waals surface area contributed by atoms with Crippen LogP contribution in [0.1, 0.15) is 49.7 Å². The Morgan fingerprint density at radius 1 is 1.30 bits per heavy atom. The fraction of sp³-hybridized carbons (Fsp3) is 0.524. The van der Waals surface area contributed by atoms with Gasteiger partial charge in [-0.2, -0.15) is 23.4 Å². The van der Waals surface area contributed by atoms with Gasteiger partial charge in [0.1, 0.15) is 18.4 Å². The highest BCUT2D eigenvalue weighted by Gasteiger charge is 2.48. The van der Waals surface area contributed by atoms with E-state index >= 15 is 0 Å². The summed E-state index contributed by atoms with van der Waals surface area (Å²) in [6, 6.07) is 8.11. The van der Waals surface area contributed by atoms with Gasteiger partial charge in [0, 0.05) is 0 Å². The molecule has 2 heterocycles. The lowest BCUT2D eigenvalue weighted by Gasteiger charge is -2.28. The monoisotopic (exact) mass is 421 g/mol. The number of imidazole rings is 1. The zero-order chi connectivity index (χ0) is 21.7.